The van der Waals surface area contributed by atoms with Crippen LogP contribution in [0.3, 0.4) is 0 Å². The van der Waals surface area contributed by atoms with E-state index in [0.717, 1.165) is 51.9 Å². The lowest BCUT2D eigenvalue weighted by molar-refractivity contribution is -0.142. The van der Waals surface area contributed by atoms with E-state index in [1.807, 2.05) is 11.8 Å². The summed E-state index contributed by atoms with van der Waals surface area (Å²) in [7, 11) is 0. The predicted molar refractivity (Wildman–Crippen MR) is 71.8 cm³/mol. The smallest absolute Gasteiger partial charge is 0.303 e. The van der Waals surface area contributed by atoms with E-state index < -0.39 is 5.97 Å². The van der Waals surface area contributed by atoms with Crippen molar-refractivity contribution in [1.29, 1.82) is 0 Å². The topological polar surface area (TPSA) is 69.6 Å². The summed E-state index contributed by atoms with van der Waals surface area (Å²) in [6, 6.07) is 0. The molecule has 1 amide bonds. The highest BCUT2D eigenvalue weighted by Crippen LogP contribution is 2.30. The molecule has 2 heterocycles. The van der Waals surface area contributed by atoms with Crippen molar-refractivity contribution in [2.24, 2.45) is 11.3 Å². The monoisotopic (exact) mass is 268 g/mol. The van der Waals surface area contributed by atoms with Crippen LogP contribution in [0.25, 0.3) is 0 Å². The first-order valence-electron chi connectivity index (χ1n) is 7.23. The largest absolute Gasteiger partial charge is 0.481 e. The van der Waals surface area contributed by atoms with Crippen LogP contribution in [0, 0.1) is 11.3 Å². The van der Waals surface area contributed by atoms with E-state index in [-0.39, 0.29) is 17.7 Å². The fraction of sp³-hybridized carbons (Fsp3) is 0.857. The standard InChI is InChI=1S/C14H24N2O3/c1-14(6-7-15-10-14)13(19)16-8-4-11(5-9-16)2-3-12(17)18/h11,15H,2-10H2,1H3,(H,17,18). The number of hydrogen-bond acceptors (Lipinski definition) is 3. The van der Waals surface area contributed by atoms with E-state index in [0.29, 0.717) is 5.92 Å². The minimum Gasteiger partial charge on any atom is -0.481 e. The molecule has 0 aromatic heterocycles. The van der Waals surface area contributed by atoms with Gasteiger partial charge in [-0.3, -0.25) is 9.59 Å². The van der Waals surface area contributed by atoms with Gasteiger partial charge in [0.05, 0.1) is 5.41 Å². The number of carbonyl (C=O) groups is 2. The molecule has 0 bridgehead atoms. The van der Waals surface area contributed by atoms with Crippen molar-refractivity contribution in [3.63, 3.8) is 0 Å². The summed E-state index contributed by atoms with van der Waals surface area (Å²) in [6.07, 6.45) is 3.81. The second-order valence-corrected chi connectivity index (χ2v) is 6.16. The van der Waals surface area contributed by atoms with Crippen LogP contribution in [0.15, 0.2) is 0 Å². The molecule has 0 spiro atoms. The first-order valence-corrected chi connectivity index (χ1v) is 7.23. The maximum Gasteiger partial charge on any atom is 0.303 e. The van der Waals surface area contributed by atoms with Crippen LogP contribution in [-0.4, -0.2) is 48.1 Å². The van der Waals surface area contributed by atoms with E-state index >= 15 is 0 Å². The number of piperidine rings is 1. The zero-order valence-corrected chi connectivity index (χ0v) is 11.7. The number of carboxylic acid groups (broad SMARTS) is 1. The maximum atomic E-state index is 12.5. The fourth-order valence-corrected chi connectivity index (χ4v) is 3.13. The molecule has 1 atom stereocenters. The number of amides is 1. The Morgan fingerprint density at radius 2 is 2.05 bits per heavy atom. The molecule has 2 aliphatic heterocycles. The van der Waals surface area contributed by atoms with Crippen LogP contribution in [0.4, 0.5) is 0 Å². The molecule has 0 aliphatic carbocycles. The molecule has 2 N–H and O–H groups in total. The molecular weight excluding hydrogens is 244 g/mol. The van der Waals surface area contributed by atoms with Gasteiger partial charge in [0.25, 0.3) is 0 Å². The van der Waals surface area contributed by atoms with Gasteiger partial charge in [0, 0.05) is 26.1 Å². The van der Waals surface area contributed by atoms with Crippen molar-refractivity contribution in [2.45, 2.75) is 39.0 Å². The molecule has 0 aromatic rings. The van der Waals surface area contributed by atoms with Crippen LogP contribution < -0.4 is 5.32 Å². The van der Waals surface area contributed by atoms with Gasteiger partial charge in [0.2, 0.25) is 5.91 Å². The number of rotatable bonds is 4. The molecule has 19 heavy (non-hydrogen) atoms. The molecule has 0 aromatic carbocycles. The average molecular weight is 268 g/mol. The van der Waals surface area contributed by atoms with Crippen molar-refractivity contribution < 1.29 is 14.7 Å². The van der Waals surface area contributed by atoms with Gasteiger partial charge >= 0.3 is 5.97 Å². The third-order valence-electron chi connectivity index (χ3n) is 4.55. The lowest BCUT2D eigenvalue weighted by Crippen LogP contribution is -2.47. The third kappa shape index (κ3) is 3.47. The molecule has 0 radical (unpaired) electrons. The highest BCUT2D eigenvalue weighted by Gasteiger charge is 2.39. The Morgan fingerprint density at radius 1 is 1.37 bits per heavy atom. The summed E-state index contributed by atoms with van der Waals surface area (Å²) in [4.78, 5) is 25.0. The lowest BCUT2D eigenvalue weighted by Gasteiger charge is -2.36. The Morgan fingerprint density at radius 3 is 2.58 bits per heavy atom. The van der Waals surface area contributed by atoms with E-state index in [9.17, 15) is 9.59 Å². The average Bonchev–Trinajstić information content (AvgIpc) is 2.84. The SMILES string of the molecule is CC1(C(=O)N2CCC(CCC(=O)O)CC2)CCNC1. The summed E-state index contributed by atoms with van der Waals surface area (Å²) in [5.41, 5.74) is -0.228. The van der Waals surface area contributed by atoms with E-state index in [4.69, 9.17) is 5.11 Å². The maximum absolute atomic E-state index is 12.5. The Labute approximate surface area is 114 Å². The van der Waals surface area contributed by atoms with Crippen LogP contribution in [0.5, 0.6) is 0 Å². The van der Waals surface area contributed by atoms with Crippen molar-refractivity contribution in [1.82, 2.24) is 10.2 Å². The van der Waals surface area contributed by atoms with Gasteiger partial charge in [-0.25, -0.2) is 0 Å². The highest BCUT2D eigenvalue weighted by molar-refractivity contribution is 5.83. The Kier molecular flexibility index (Phi) is 4.45. The van der Waals surface area contributed by atoms with Crippen molar-refractivity contribution in [3.05, 3.63) is 0 Å². The Balaban J connectivity index is 1.79. The summed E-state index contributed by atoms with van der Waals surface area (Å²) in [6.45, 7) is 5.34. The first-order chi connectivity index (χ1) is 9.01. The number of hydrogen-bond donors (Lipinski definition) is 2. The van der Waals surface area contributed by atoms with E-state index in [1.165, 1.54) is 0 Å². The molecule has 2 fully saturated rings. The number of aliphatic carboxylic acids is 1. The molecule has 1 unspecified atom stereocenters. The zero-order chi connectivity index (χ0) is 13.9. The van der Waals surface area contributed by atoms with Gasteiger partial charge in [-0.1, -0.05) is 0 Å². The van der Waals surface area contributed by atoms with E-state index in [2.05, 4.69) is 5.32 Å². The van der Waals surface area contributed by atoms with Gasteiger partial charge in [0.1, 0.15) is 0 Å². The lowest BCUT2D eigenvalue weighted by atomic mass is 9.85. The van der Waals surface area contributed by atoms with Crippen LogP contribution in [-0.2, 0) is 9.59 Å². The third-order valence-corrected chi connectivity index (χ3v) is 4.55. The number of carboxylic acids is 1. The van der Waals surface area contributed by atoms with Gasteiger partial charge in [-0.05, 0) is 45.1 Å². The highest BCUT2D eigenvalue weighted by atomic mass is 16.4. The van der Waals surface area contributed by atoms with Crippen molar-refractivity contribution in [3.8, 4) is 0 Å². The second kappa shape index (κ2) is 5.90. The number of nitrogens with zero attached hydrogens (tertiary/aromatic N) is 1. The van der Waals surface area contributed by atoms with Crippen LogP contribution in [0.2, 0.25) is 0 Å². The molecule has 2 saturated heterocycles. The minimum atomic E-state index is -0.719. The molecule has 108 valence electrons. The van der Waals surface area contributed by atoms with Gasteiger partial charge in [-0.2, -0.15) is 0 Å². The fourth-order valence-electron chi connectivity index (χ4n) is 3.13. The Hall–Kier alpha value is -1.10. The molecule has 0 saturated carbocycles. The predicted octanol–water partition coefficient (Wildman–Crippen LogP) is 1.09. The van der Waals surface area contributed by atoms with Crippen LogP contribution >= 0.6 is 0 Å². The van der Waals surface area contributed by atoms with Gasteiger partial charge in [-0.15, -0.1) is 0 Å². The Bertz CT molecular complexity index is 343. The van der Waals surface area contributed by atoms with Crippen molar-refractivity contribution >= 4 is 11.9 Å². The summed E-state index contributed by atoms with van der Waals surface area (Å²) in [5.74, 6) is 0.0203. The van der Waals surface area contributed by atoms with E-state index in [1.54, 1.807) is 0 Å². The summed E-state index contributed by atoms with van der Waals surface area (Å²) >= 11 is 0. The first kappa shape index (κ1) is 14.3. The number of likely N-dealkylation sites (tertiary alicyclic amines) is 1. The normalized spacial score (nSPS) is 28.6. The molecule has 5 nitrogen and oxygen atoms in total. The van der Waals surface area contributed by atoms with Gasteiger partial charge in [0.15, 0.2) is 0 Å². The molecule has 2 rings (SSSR count). The zero-order valence-electron chi connectivity index (χ0n) is 11.7. The number of carbonyl (C=O) groups excluding carboxylic acids is 1. The summed E-state index contributed by atoms with van der Waals surface area (Å²) < 4.78 is 0. The quantitative estimate of drug-likeness (QED) is 0.801. The van der Waals surface area contributed by atoms with Crippen molar-refractivity contribution in [2.75, 3.05) is 26.2 Å². The van der Waals surface area contributed by atoms with Crippen LogP contribution in [0.1, 0.15) is 39.0 Å². The summed E-state index contributed by atoms with van der Waals surface area (Å²) in [5, 5.41) is 12.0. The number of nitrogens with one attached hydrogen (secondary N) is 1. The molecular formula is C14H24N2O3. The molecule has 5 heteroatoms. The van der Waals surface area contributed by atoms with Gasteiger partial charge < -0.3 is 15.3 Å². The molecule has 2 aliphatic rings. The minimum absolute atomic E-state index is 0.228. The second-order valence-electron chi connectivity index (χ2n) is 6.16.